The van der Waals surface area contributed by atoms with Gasteiger partial charge in [-0.25, -0.2) is 4.68 Å². The van der Waals surface area contributed by atoms with Gasteiger partial charge in [0.25, 0.3) is 5.56 Å². The molecule has 1 saturated carbocycles. The molecule has 1 aromatic carbocycles. The van der Waals surface area contributed by atoms with E-state index >= 15 is 0 Å². The van der Waals surface area contributed by atoms with Gasteiger partial charge in [-0.1, -0.05) is 30.3 Å². The highest BCUT2D eigenvalue weighted by molar-refractivity contribution is 5.91. The van der Waals surface area contributed by atoms with Crippen LogP contribution >= 0.6 is 0 Å². The molecule has 2 fully saturated rings. The minimum absolute atomic E-state index is 0.00645. The number of pyridine rings is 1. The van der Waals surface area contributed by atoms with Crippen molar-refractivity contribution in [2.45, 2.75) is 43.7 Å². The molecule has 1 saturated heterocycles. The molecule has 3 heterocycles. The van der Waals surface area contributed by atoms with Crippen molar-refractivity contribution < 1.29 is 4.79 Å². The number of hydrogen-bond donors (Lipinski definition) is 0. The molecule has 0 spiro atoms. The second-order valence-corrected chi connectivity index (χ2v) is 8.22. The first kappa shape index (κ1) is 18.7. The Kier molecular flexibility index (Phi) is 4.69. The van der Waals surface area contributed by atoms with Crippen LogP contribution in [-0.2, 0) is 16.8 Å². The molecule has 6 heteroatoms. The van der Waals surface area contributed by atoms with E-state index in [1.165, 1.54) is 4.68 Å². The second-order valence-electron chi connectivity index (χ2n) is 8.22. The van der Waals surface area contributed by atoms with Gasteiger partial charge in [0, 0.05) is 30.6 Å². The highest BCUT2D eigenvalue weighted by Crippen LogP contribution is 2.50. The summed E-state index contributed by atoms with van der Waals surface area (Å²) < 4.78 is 1.50. The third-order valence-electron chi connectivity index (χ3n) is 6.33. The molecule has 0 bridgehead atoms. The lowest BCUT2D eigenvalue weighted by Crippen LogP contribution is -2.45. The fourth-order valence-electron chi connectivity index (χ4n) is 4.52. The molecule has 152 valence electrons. The smallest absolute Gasteiger partial charge is 0.266 e. The Bertz CT molecular complexity index is 1110. The standard InChI is InChI=1S/C24H24N4O2/c29-22-11-10-21(18-6-4-14-25-16-18)26-28(22)17-20-9-5-15-27(20)23(30)24(12-13-24)19-7-2-1-3-8-19/h1-4,6-8,10-11,14,16,20H,5,9,12-13,15,17H2. The van der Waals surface area contributed by atoms with Gasteiger partial charge in [0.05, 0.1) is 23.7 Å². The monoisotopic (exact) mass is 400 g/mol. The summed E-state index contributed by atoms with van der Waals surface area (Å²) in [5, 5.41) is 4.56. The second kappa shape index (κ2) is 7.52. The lowest BCUT2D eigenvalue weighted by Gasteiger charge is -2.29. The van der Waals surface area contributed by atoms with Crippen LogP contribution in [0.15, 0.2) is 71.8 Å². The predicted molar refractivity (Wildman–Crippen MR) is 114 cm³/mol. The molecule has 2 aromatic heterocycles. The van der Waals surface area contributed by atoms with E-state index in [1.807, 2.05) is 35.2 Å². The summed E-state index contributed by atoms with van der Waals surface area (Å²) >= 11 is 0. The fraction of sp³-hybridized carbons (Fsp3) is 0.333. The third-order valence-corrected chi connectivity index (χ3v) is 6.33. The summed E-state index contributed by atoms with van der Waals surface area (Å²) in [6.07, 6.45) is 7.09. The average molecular weight is 400 g/mol. The van der Waals surface area contributed by atoms with Gasteiger partial charge < -0.3 is 4.90 Å². The zero-order valence-electron chi connectivity index (χ0n) is 16.8. The quantitative estimate of drug-likeness (QED) is 0.660. The van der Waals surface area contributed by atoms with Crippen molar-refractivity contribution in [3.63, 3.8) is 0 Å². The van der Waals surface area contributed by atoms with Crippen LogP contribution in [0, 0.1) is 0 Å². The first-order chi connectivity index (χ1) is 14.7. The largest absolute Gasteiger partial charge is 0.337 e. The van der Waals surface area contributed by atoms with Crippen molar-refractivity contribution in [1.29, 1.82) is 0 Å². The Hall–Kier alpha value is -3.28. The van der Waals surface area contributed by atoms with Crippen molar-refractivity contribution in [3.8, 4) is 11.3 Å². The van der Waals surface area contributed by atoms with Crippen molar-refractivity contribution in [1.82, 2.24) is 19.7 Å². The number of rotatable bonds is 5. The minimum Gasteiger partial charge on any atom is -0.337 e. The van der Waals surface area contributed by atoms with Crippen LogP contribution in [0.2, 0.25) is 0 Å². The van der Waals surface area contributed by atoms with Crippen LogP contribution in [0.4, 0.5) is 0 Å². The van der Waals surface area contributed by atoms with Crippen LogP contribution in [-0.4, -0.2) is 38.2 Å². The van der Waals surface area contributed by atoms with Crippen molar-refractivity contribution >= 4 is 5.91 Å². The van der Waals surface area contributed by atoms with Crippen LogP contribution in [0.5, 0.6) is 0 Å². The SMILES string of the molecule is O=C(N1CCCC1Cn1nc(-c2cccnc2)ccc1=O)C1(c2ccccc2)CC1. The first-order valence-electron chi connectivity index (χ1n) is 10.5. The number of benzene rings is 1. The molecule has 0 N–H and O–H groups in total. The number of hydrogen-bond acceptors (Lipinski definition) is 4. The average Bonchev–Trinajstić information content (AvgIpc) is 3.49. The number of carbonyl (C=O) groups excluding carboxylic acids is 1. The first-order valence-corrected chi connectivity index (χ1v) is 10.5. The Balaban J connectivity index is 1.39. The molecule has 5 rings (SSSR count). The summed E-state index contributed by atoms with van der Waals surface area (Å²) in [6, 6.07) is 17.1. The summed E-state index contributed by atoms with van der Waals surface area (Å²) in [7, 11) is 0. The van der Waals surface area contributed by atoms with Gasteiger partial charge in [0.15, 0.2) is 0 Å². The van der Waals surface area contributed by atoms with E-state index in [1.54, 1.807) is 24.5 Å². The van der Waals surface area contributed by atoms with Crippen molar-refractivity contribution in [3.05, 3.63) is 82.9 Å². The van der Waals surface area contributed by atoms with E-state index in [-0.39, 0.29) is 22.9 Å². The van der Waals surface area contributed by atoms with E-state index < -0.39 is 0 Å². The van der Waals surface area contributed by atoms with Gasteiger partial charge in [-0.3, -0.25) is 14.6 Å². The maximum atomic E-state index is 13.5. The Labute approximate surface area is 175 Å². The number of aromatic nitrogens is 3. The highest BCUT2D eigenvalue weighted by Gasteiger charge is 2.54. The topological polar surface area (TPSA) is 68.1 Å². The van der Waals surface area contributed by atoms with E-state index in [4.69, 9.17) is 0 Å². The summed E-state index contributed by atoms with van der Waals surface area (Å²) in [5.41, 5.74) is 2.16. The van der Waals surface area contributed by atoms with Gasteiger partial charge in [-0.05, 0) is 49.4 Å². The fourth-order valence-corrected chi connectivity index (χ4v) is 4.52. The normalized spacial score (nSPS) is 19.6. The summed E-state index contributed by atoms with van der Waals surface area (Å²) in [4.78, 5) is 32.1. The number of amides is 1. The van der Waals surface area contributed by atoms with Gasteiger partial charge >= 0.3 is 0 Å². The molecule has 3 aromatic rings. The lowest BCUT2D eigenvalue weighted by molar-refractivity contribution is -0.135. The summed E-state index contributed by atoms with van der Waals surface area (Å²) in [6.45, 7) is 1.17. The van der Waals surface area contributed by atoms with Crippen LogP contribution in [0.3, 0.4) is 0 Å². The van der Waals surface area contributed by atoms with Crippen molar-refractivity contribution in [2.75, 3.05) is 6.54 Å². The van der Waals surface area contributed by atoms with Gasteiger partial charge in [0.2, 0.25) is 5.91 Å². The lowest BCUT2D eigenvalue weighted by atomic mass is 9.94. The third kappa shape index (κ3) is 3.32. The molecule has 2 aliphatic rings. The van der Waals surface area contributed by atoms with Crippen LogP contribution in [0.1, 0.15) is 31.2 Å². The Morgan fingerprint density at radius 1 is 1.07 bits per heavy atom. The molecular weight excluding hydrogens is 376 g/mol. The van der Waals surface area contributed by atoms with E-state index in [0.29, 0.717) is 12.2 Å². The molecule has 1 amide bonds. The zero-order valence-corrected chi connectivity index (χ0v) is 16.8. The number of carbonyl (C=O) groups is 1. The maximum absolute atomic E-state index is 13.5. The van der Waals surface area contributed by atoms with E-state index in [2.05, 4.69) is 22.2 Å². The van der Waals surface area contributed by atoms with Gasteiger partial charge in [-0.15, -0.1) is 0 Å². The van der Waals surface area contributed by atoms with E-state index in [0.717, 1.165) is 43.4 Å². The molecule has 6 nitrogen and oxygen atoms in total. The Morgan fingerprint density at radius 3 is 2.63 bits per heavy atom. The number of nitrogens with zero attached hydrogens (tertiary/aromatic N) is 4. The van der Waals surface area contributed by atoms with Crippen LogP contribution in [0.25, 0.3) is 11.3 Å². The molecule has 1 unspecified atom stereocenters. The summed E-state index contributed by atoms with van der Waals surface area (Å²) in [5.74, 6) is 0.202. The minimum atomic E-state index is -0.375. The van der Waals surface area contributed by atoms with E-state index in [9.17, 15) is 9.59 Å². The predicted octanol–water partition coefficient (Wildman–Crippen LogP) is 3.03. The van der Waals surface area contributed by atoms with Crippen LogP contribution < -0.4 is 5.56 Å². The zero-order chi connectivity index (χ0) is 20.6. The van der Waals surface area contributed by atoms with Gasteiger partial charge in [-0.2, -0.15) is 5.10 Å². The molecule has 1 aliphatic heterocycles. The Morgan fingerprint density at radius 2 is 1.90 bits per heavy atom. The molecular formula is C24H24N4O2. The molecule has 1 aliphatic carbocycles. The molecule has 30 heavy (non-hydrogen) atoms. The number of likely N-dealkylation sites (tertiary alicyclic amines) is 1. The van der Waals surface area contributed by atoms with Crippen molar-refractivity contribution in [2.24, 2.45) is 0 Å². The highest BCUT2D eigenvalue weighted by atomic mass is 16.2. The molecule has 1 atom stereocenters. The maximum Gasteiger partial charge on any atom is 0.266 e. The van der Waals surface area contributed by atoms with Gasteiger partial charge in [0.1, 0.15) is 0 Å². The molecule has 0 radical (unpaired) electrons.